The Balaban J connectivity index is 1.58. The van der Waals surface area contributed by atoms with Gasteiger partial charge in [0, 0.05) is 6.54 Å². The highest BCUT2D eigenvalue weighted by atomic mass is 16.5. The van der Waals surface area contributed by atoms with Gasteiger partial charge in [0.2, 0.25) is 12.3 Å². The zero-order valence-electron chi connectivity index (χ0n) is 18.0. The number of hydrogen-bond donors (Lipinski definition) is 2. The number of hydroxylamine groups is 2. The van der Waals surface area contributed by atoms with Crippen LogP contribution < -0.4 is 0 Å². The predicted molar refractivity (Wildman–Crippen MR) is 119 cm³/mol. The van der Waals surface area contributed by atoms with Crippen molar-refractivity contribution in [1.29, 1.82) is 0 Å². The summed E-state index contributed by atoms with van der Waals surface area (Å²) in [4.78, 5) is 34.5. The van der Waals surface area contributed by atoms with Gasteiger partial charge in [-0.1, -0.05) is 50.5 Å². The van der Waals surface area contributed by atoms with Crippen LogP contribution in [0.2, 0.25) is 0 Å². The number of carbonyl (C=O) groups excluding carboxylic acids is 2. The van der Waals surface area contributed by atoms with Gasteiger partial charge in [-0.2, -0.15) is 0 Å². The SMILES string of the molecule is CCCCCC(CN(O)C=O)C(=O)N1CCCC1c1nc2cc3ccccc3cc2[nH]1. The first kappa shape index (κ1) is 21.3. The van der Waals surface area contributed by atoms with Crippen molar-refractivity contribution in [2.75, 3.05) is 13.1 Å². The Morgan fingerprint density at radius 2 is 2.10 bits per heavy atom. The summed E-state index contributed by atoms with van der Waals surface area (Å²) in [5.41, 5.74) is 1.87. The highest BCUT2D eigenvalue weighted by Crippen LogP contribution is 2.34. The van der Waals surface area contributed by atoms with Crippen LogP contribution in [0.5, 0.6) is 0 Å². The minimum atomic E-state index is -0.408. The van der Waals surface area contributed by atoms with Crippen LogP contribution in [0.15, 0.2) is 36.4 Å². The lowest BCUT2D eigenvalue weighted by molar-refractivity contribution is -0.157. The van der Waals surface area contributed by atoms with Gasteiger partial charge in [-0.05, 0) is 42.2 Å². The summed E-state index contributed by atoms with van der Waals surface area (Å²) in [5, 5.41) is 12.6. The summed E-state index contributed by atoms with van der Waals surface area (Å²) in [6.45, 7) is 2.81. The monoisotopic (exact) mass is 422 g/mol. The van der Waals surface area contributed by atoms with E-state index in [0.717, 1.165) is 59.7 Å². The third-order valence-corrected chi connectivity index (χ3v) is 6.25. The molecule has 0 bridgehead atoms. The van der Waals surface area contributed by atoms with E-state index in [1.807, 2.05) is 17.0 Å². The summed E-state index contributed by atoms with van der Waals surface area (Å²) < 4.78 is 0. The summed E-state index contributed by atoms with van der Waals surface area (Å²) in [5.74, 6) is 0.388. The zero-order valence-corrected chi connectivity index (χ0v) is 18.0. The molecule has 2 amide bonds. The number of imidazole rings is 1. The lowest BCUT2D eigenvalue weighted by Crippen LogP contribution is -2.40. The Hall–Kier alpha value is -2.93. The van der Waals surface area contributed by atoms with E-state index in [9.17, 15) is 14.8 Å². The van der Waals surface area contributed by atoms with E-state index in [1.165, 1.54) is 0 Å². The van der Waals surface area contributed by atoms with Crippen LogP contribution in [0.4, 0.5) is 0 Å². The van der Waals surface area contributed by atoms with Crippen molar-refractivity contribution in [3.63, 3.8) is 0 Å². The normalized spacial score (nSPS) is 17.4. The minimum absolute atomic E-state index is 0.00915. The fourth-order valence-corrected chi connectivity index (χ4v) is 4.63. The third kappa shape index (κ3) is 4.56. The molecule has 2 unspecified atom stereocenters. The zero-order chi connectivity index (χ0) is 21.8. The average molecular weight is 423 g/mol. The molecule has 7 nitrogen and oxygen atoms in total. The average Bonchev–Trinajstić information content (AvgIpc) is 3.42. The highest BCUT2D eigenvalue weighted by molar-refractivity contribution is 5.95. The number of aromatic amines is 1. The fraction of sp³-hybridized carbons (Fsp3) is 0.458. The summed E-state index contributed by atoms with van der Waals surface area (Å²) in [7, 11) is 0. The molecule has 1 fully saturated rings. The van der Waals surface area contributed by atoms with Gasteiger partial charge in [-0.3, -0.25) is 14.8 Å². The van der Waals surface area contributed by atoms with Gasteiger partial charge in [-0.25, -0.2) is 10.0 Å². The fourth-order valence-electron chi connectivity index (χ4n) is 4.63. The van der Waals surface area contributed by atoms with E-state index in [0.29, 0.717) is 24.4 Å². The molecule has 2 heterocycles. The first-order valence-corrected chi connectivity index (χ1v) is 11.2. The maximum Gasteiger partial charge on any atom is 0.233 e. The topological polar surface area (TPSA) is 89.5 Å². The number of unbranched alkanes of at least 4 members (excludes halogenated alkanes) is 2. The second-order valence-corrected chi connectivity index (χ2v) is 8.45. The molecule has 1 aromatic heterocycles. The summed E-state index contributed by atoms with van der Waals surface area (Å²) in [6, 6.07) is 12.3. The standard InChI is InChI=1S/C24H30N4O3/c1-2-3-4-10-19(15-27(31)16-29)24(30)28-12-7-11-22(28)23-25-20-13-17-8-5-6-9-18(17)14-21(20)26-23/h5-6,8-9,13-14,16,19,22,31H,2-4,7,10-12,15H2,1H3,(H,25,26). The van der Waals surface area contributed by atoms with Crippen LogP contribution in [0.1, 0.15) is 57.3 Å². The van der Waals surface area contributed by atoms with Crippen molar-refractivity contribution in [2.45, 2.75) is 51.5 Å². The van der Waals surface area contributed by atoms with Crippen LogP contribution in [-0.4, -0.2) is 50.5 Å². The van der Waals surface area contributed by atoms with Gasteiger partial charge in [-0.15, -0.1) is 0 Å². The molecule has 0 radical (unpaired) electrons. The molecule has 0 saturated carbocycles. The molecule has 4 rings (SSSR count). The highest BCUT2D eigenvalue weighted by Gasteiger charge is 2.36. The number of benzene rings is 2. The molecule has 2 atom stereocenters. The first-order chi connectivity index (χ1) is 15.1. The Bertz CT molecular complexity index is 1010. The number of nitrogens with one attached hydrogen (secondary N) is 1. The molecule has 1 saturated heterocycles. The van der Waals surface area contributed by atoms with Crippen molar-refractivity contribution in [3.05, 3.63) is 42.2 Å². The summed E-state index contributed by atoms with van der Waals surface area (Å²) >= 11 is 0. The van der Waals surface area contributed by atoms with E-state index >= 15 is 0 Å². The van der Waals surface area contributed by atoms with Crippen molar-refractivity contribution >= 4 is 34.1 Å². The Labute approximate surface area is 182 Å². The number of fused-ring (bicyclic) bond motifs is 2. The Kier molecular flexibility index (Phi) is 6.51. The van der Waals surface area contributed by atoms with E-state index < -0.39 is 5.92 Å². The van der Waals surface area contributed by atoms with Crippen LogP contribution in [0.3, 0.4) is 0 Å². The van der Waals surface area contributed by atoms with Crippen LogP contribution in [0, 0.1) is 5.92 Å². The second-order valence-electron chi connectivity index (χ2n) is 8.45. The van der Waals surface area contributed by atoms with E-state index in [1.54, 1.807) is 0 Å². The van der Waals surface area contributed by atoms with Gasteiger partial charge in [0.25, 0.3) is 0 Å². The molecule has 0 aliphatic carbocycles. The van der Waals surface area contributed by atoms with E-state index in [-0.39, 0.29) is 18.5 Å². The Morgan fingerprint density at radius 3 is 2.84 bits per heavy atom. The molecular formula is C24H30N4O3. The van der Waals surface area contributed by atoms with Crippen molar-refractivity contribution in [1.82, 2.24) is 19.9 Å². The van der Waals surface area contributed by atoms with E-state index in [4.69, 9.17) is 4.98 Å². The number of aromatic nitrogens is 2. The number of carbonyl (C=O) groups is 2. The van der Waals surface area contributed by atoms with Gasteiger partial charge in [0.1, 0.15) is 5.82 Å². The smallest absolute Gasteiger partial charge is 0.233 e. The minimum Gasteiger partial charge on any atom is -0.340 e. The van der Waals surface area contributed by atoms with Gasteiger partial charge >= 0.3 is 0 Å². The number of rotatable bonds is 9. The van der Waals surface area contributed by atoms with Crippen LogP contribution >= 0.6 is 0 Å². The van der Waals surface area contributed by atoms with Gasteiger partial charge in [0.05, 0.1) is 29.5 Å². The molecule has 1 aliphatic heterocycles. The number of amides is 2. The lowest BCUT2D eigenvalue weighted by Gasteiger charge is -2.29. The molecule has 0 spiro atoms. The molecule has 31 heavy (non-hydrogen) atoms. The quantitative estimate of drug-likeness (QED) is 0.231. The number of nitrogens with zero attached hydrogens (tertiary/aromatic N) is 3. The lowest BCUT2D eigenvalue weighted by atomic mass is 9.99. The molecule has 2 N–H and O–H groups in total. The van der Waals surface area contributed by atoms with Crippen LogP contribution in [-0.2, 0) is 9.59 Å². The van der Waals surface area contributed by atoms with Crippen molar-refractivity contribution < 1.29 is 14.8 Å². The van der Waals surface area contributed by atoms with E-state index in [2.05, 4.69) is 36.2 Å². The first-order valence-electron chi connectivity index (χ1n) is 11.2. The van der Waals surface area contributed by atoms with Crippen molar-refractivity contribution in [3.8, 4) is 0 Å². The molecule has 7 heteroatoms. The number of H-pyrrole nitrogens is 1. The number of hydrogen-bond acceptors (Lipinski definition) is 4. The molecule has 2 aromatic carbocycles. The maximum absolute atomic E-state index is 13.4. The van der Waals surface area contributed by atoms with Crippen molar-refractivity contribution in [2.24, 2.45) is 5.92 Å². The predicted octanol–water partition coefficient (Wildman–Crippen LogP) is 4.42. The number of likely N-dealkylation sites (tertiary alicyclic amines) is 1. The molecule has 1 aliphatic rings. The molecule has 3 aromatic rings. The maximum atomic E-state index is 13.4. The Morgan fingerprint density at radius 1 is 1.32 bits per heavy atom. The summed E-state index contributed by atoms with van der Waals surface area (Å²) in [6.07, 6.45) is 5.76. The van der Waals surface area contributed by atoms with Gasteiger partial charge < -0.3 is 9.88 Å². The molecule has 164 valence electrons. The molecular weight excluding hydrogens is 392 g/mol. The third-order valence-electron chi connectivity index (χ3n) is 6.25. The largest absolute Gasteiger partial charge is 0.340 e. The second kappa shape index (κ2) is 9.47. The van der Waals surface area contributed by atoms with Gasteiger partial charge in [0.15, 0.2) is 0 Å². The van der Waals surface area contributed by atoms with Crippen LogP contribution in [0.25, 0.3) is 21.8 Å².